The fourth-order valence-corrected chi connectivity index (χ4v) is 3.39. The van der Waals surface area contributed by atoms with Gasteiger partial charge in [-0.2, -0.15) is 0 Å². The SMILES string of the molecule is COc1ccc(NC(=O)C(OC(=O)c2cnc(C)s2)c2ccccc2)cc1Cl. The van der Waals surface area contributed by atoms with Gasteiger partial charge in [0.1, 0.15) is 10.6 Å². The zero-order valence-electron chi connectivity index (χ0n) is 15.1. The van der Waals surface area contributed by atoms with E-state index in [0.29, 0.717) is 26.9 Å². The molecule has 1 atom stereocenters. The van der Waals surface area contributed by atoms with Crippen molar-refractivity contribution in [3.05, 3.63) is 75.2 Å². The lowest BCUT2D eigenvalue weighted by atomic mass is 10.1. The van der Waals surface area contributed by atoms with Crippen molar-refractivity contribution < 1.29 is 19.1 Å². The molecule has 0 aliphatic rings. The molecule has 3 aromatic rings. The Hall–Kier alpha value is -2.90. The lowest BCUT2D eigenvalue weighted by Gasteiger charge is -2.18. The highest BCUT2D eigenvalue weighted by Gasteiger charge is 2.26. The number of hydrogen-bond donors (Lipinski definition) is 1. The molecule has 1 heterocycles. The molecule has 0 radical (unpaired) electrons. The Bertz CT molecular complexity index is 991. The fourth-order valence-electron chi connectivity index (χ4n) is 2.47. The standard InChI is InChI=1S/C20H17ClN2O4S/c1-12-22-11-17(28-12)20(25)27-18(13-6-4-3-5-7-13)19(24)23-14-8-9-16(26-2)15(21)10-14/h3-11,18H,1-2H3,(H,23,24). The van der Waals surface area contributed by atoms with E-state index in [4.69, 9.17) is 21.1 Å². The number of methoxy groups -OCH3 is 1. The summed E-state index contributed by atoms with van der Waals surface area (Å²) in [5, 5.41) is 3.82. The molecule has 3 rings (SSSR count). The van der Waals surface area contributed by atoms with Crippen molar-refractivity contribution in [2.45, 2.75) is 13.0 Å². The summed E-state index contributed by atoms with van der Waals surface area (Å²) in [6.45, 7) is 1.79. The van der Waals surface area contributed by atoms with Crippen LogP contribution in [0.4, 0.5) is 5.69 Å². The molecule has 0 saturated heterocycles. The van der Waals surface area contributed by atoms with Crippen molar-refractivity contribution in [1.29, 1.82) is 0 Å². The minimum Gasteiger partial charge on any atom is -0.495 e. The topological polar surface area (TPSA) is 77.5 Å². The van der Waals surface area contributed by atoms with Crippen molar-refractivity contribution in [2.24, 2.45) is 0 Å². The lowest BCUT2D eigenvalue weighted by molar-refractivity contribution is -0.125. The van der Waals surface area contributed by atoms with E-state index in [-0.39, 0.29) is 0 Å². The van der Waals surface area contributed by atoms with Gasteiger partial charge in [0.05, 0.1) is 23.3 Å². The van der Waals surface area contributed by atoms with Gasteiger partial charge in [0.25, 0.3) is 5.91 Å². The van der Waals surface area contributed by atoms with Crippen LogP contribution in [0.1, 0.15) is 26.3 Å². The molecule has 6 nitrogen and oxygen atoms in total. The van der Waals surface area contributed by atoms with Gasteiger partial charge in [-0.25, -0.2) is 9.78 Å². The normalized spacial score (nSPS) is 11.5. The Balaban J connectivity index is 1.83. The van der Waals surface area contributed by atoms with E-state index in [2.05, 4.69) is 10.3 Å². The van der Waals surface area contributed by atoms with Gasteiger partial charge in [-0.05, 0) is 25.1 Å². The van der Waals surface area contributed by atoms with Gasteiger partial charge in [-0.15, -0.1) is 11.3 Å². The van der Waals surface area contributed by atoms with E-state index >= 15 is 0 Å². The van der Waals surface area contributed by atoms with Crippen molar-refractivity contribution in [3.8, 4) is 5.75 Å². The maximum atomic E-state index is 12.9. The number of ether oxygens (including phenoxy) is 2. The summed E-state index contributed by atoms with van der Waals surface area (Å²) in [6, 6.07) is 13.6. The molecule has 1 amide bonds. The highest BCUT2D eigenvalue weighted by Crippen LogP contribution is 2.29. The number of nitrogens with zero attached hydrogens (tertiary/aromatic N) is 1. The van der Waals surface area contributed by atoms with E-state index < -0.39 is 18.0 Å². The number of benzene rings is 2. The van der Waals surface area contributed by atoms with Crippen molar-refractivity contribution in [1.82, 2.24) is 4.98 Å². The molecule has 28 heavy (non-hydrogen) atoms. The summed E-state index contributed by atoms with van der Waals surface area (Å²) in [5.74, 6) is -0.615. The first-order chi connectivity index (χ1) is 13.5. The smallest absolute Gasteiger partial charge is 0.351 e. The first-order valence-corrected chi connectivity index (χ1v) is 9.50. The molecule has 0 aliphatic carbocycles. The quantitative estimate of drug-likeness (QED) is 0.592. The Morgan fingerprint density at radius 2 is 1.93 bits per heavy atom. The molecular formula is C20H17ClN2O4S. The number of esters is 1. The first kappa shape index (κ1) is 19.9. The molecule has 1 N–H and O–H groups in total. The summed E-state index contributed by atoms with van der Waals surface area (Å²) in [5.41, 5.74) is 1.01. The zero-order valence-corrected chi connectivity index (χ0v) is 16.7. The number of hydrogen-bond acceptors (Lipinski definition) is 6. The van der Waals surface area contributed by atoms with Crippen LogP contribution in [0.15, 0.2) is 54.7 Å². The Labute approximate surface area is 171 Å². The van der Waals surface area contributed by atoms with Crippen LogP contribution in [-0.2, 0) is 9.53 Å². The predicted octanol–water partition coefficient (Wildman–Crippen LogP) is 4.65. The van der Waals surface area contributed by atoms with Crippen LogP contribution in [0.2, 0.25) is 5.02 Å². The molecule has 0 bridgehead atoms. The second-order valence-corrected chi connectivity index (χ2v) is 7.42. The molecule has 8 heteroatoms. The van der Waals surface area contributed by atoms with Crippen LogP contribution in [0.5, 0.6) is 5.75 Å². The highest BCUT2D eigenvalue weighted by atomic mass is 35.5. The maximum absolute atomic E-state index is 12.9. The number of nitrogens with one attached hydrogen (secondary N) is 1. The monoisotopic (exact) mass is 416 g/mol. The Morgan fingerprint density at radius 1 is 1.18 bits per heavy atom. The molecule has 0 saturated carbocycles. The third kappa shape index (κ3) is 4.68. The molecular weight excluding hydrogens is 400 g/mol. The third-order valence-corrected chi connectivity index (χ3v) is 5.00. The van der Waals surface area contributed by atoms with E-state index in [1.807, 2.05) is 6.07 Å². The van der Waals surface area contributed by atoms with E-state index in [9.17, 15) is 9.59 Å². The minimum atomic E-state index is -1.13. The van der Waals surface area contributed by atoms with Crippen molar-refractivity contribution in [3.63, 3.8) is 0 Å². The highest BCUT2D eigenvalue weighted by molar-refractivity contribution is 7.13. The summed E-state index contributed by atoms with van der Waals surface area (Å²) in [4.78, 5) is 29.7. The van der Waals surface area contributed by atoms with E-state index in [1.165, 1.54) is 24.6 Å². The number of aryl methyl sites for hydroxylation is 1. The molecule has 144 valence electrons. The summed E-state index contributed by atoms with van der Waals surface area (Å²) >= 11 is 7.32. The molecule has 2 aromatic carbocycles. The molecule has 1 aromatic heterocycles. The molecule has 1 unspecified atom stereocenters. The van der Waals surface area contributed by atoms with Gasteiger partial charge in [-0.1, -0.05) is 41.9 Å². The predicted molar refractivity (Wildman–Crippen MR) is 108 cm³/mol. The fraction of sp³-hybridized carbons (Fsp3) is 0.150. The van der Waals surface area contributed by atoms with Crippen LogP contribution in [0.3, 0.4) is 0 Å². The molecule has 0 aliphatic heterocycles. The summed E-state index contributed by atoms with van der Waals surface area (Å²) in [7, 11) is 1.51. The van der Waals surface area contributed by atoms with Gasteiger partial charge in [-0.3, -0.25) is 4.79 Å². The number of amides is 1. The van der Waals surface area contributed by atoms with Gasteiger partial charge in [0, 0.05) is 11.3 Å². The van der Waals surface area contributed by atoms with Gasteiger partial charge < -0.3 is 14.8 Å². The number of halogens is 1. The average Bonchev–Trinajstić information content (AvgIpc) is 3.13. The first-order valence-electron chi connectivity index (χ1n) is 8.30. The van der Waals surface area contributed by atoms with E-state index in [0.717, 1.165) is 5.01 Å². The van der Waals surface area contributed by atoms with E-state index in [1.54, 1.807) is 49.4 Å². The van der Waals surface area contributed by atoms with Crippen LogP contribution in [-0.4, -0.2) is 24.0 Å². The second-order valence-electron chi connectivity index (χ2n) is 5.78. The van der Waals surface area contributed by atoms with Gasteiger partial charge in [0.15, 0.2) is 0 Å². The third-order valence-electron chi connectivity index (χ3n) is 3.81. The molecule has 0 fully saturated rings. The lowest BCUT2D eigenvalue weighted by Crippen LogP contribution is -2.25. The van der Waals surface area contributed by atoms with Crippen LogP contribution in [0.25, 0.3) is 0 Å². The summed E-state index contributed by atoms with van der Waals surface area (Å²) in [6.07, 6.45) is 0.308. The number of carbonyl (C=O) groups excluding carboxylic acids is 2. The number of rotatable bonds is 6. The second kappa shape index (κ2) is 8.86. The van der Waals surface area contributed by atoms with Crippen molar-refractivity contribution >= 4 is 40.5 Å². The Kier molecular flexibility index (Phi) is 6.28. The summed E-state index contributed by atoms with van der Waals surface area (Å²) < 4.78 is 10.6. The van der Waals surface area contributed by atoms with Gasteiger partial charge >= 0.3 is 5.97 Å². The number of aromatic nitrogens is 1. The number of anilines is 1. The number of carbonyl (C=O) groups is 2. The van der Waals surface area contributed by atoms with Crippen molar-refractivity contribution in [2.75, 3.05) is 12.4 Å². The molecule has 0 spiro atoms. The van der Waals surface area contributed by atoms with Crippen LogP contribution < -0.4 is 10.1 Å². The minimum absolute atomic E-state index is 0.332. The number of thiazole rings is 1. The van der Waals surface area contributed by atoms with Gasteiger partial charge in [0.2, 0.25) is 6.10 Å². The van der Waals surface area contributed by atoms with Crippen LogP contribution >= 0.6 is 22.9 Å². The zero-order chi connectivity index (χ0) is 20.1. The average molecular weight is 417 g/mol. The largest absolute Gasteiger partial charge is 0.495 e. The van der Waals surface area contributed by atoms with Crippen LogP contribution in [0, 0.1) is 6.92 Å². The Morgan fingerprint density at radius 3 is 2.54 bits per heavy atom. The maximum Gasteiger partial charge on any atom is 0.351 e.